The topological polar surface area (TPSA) is 65.0 Å². The number of phenolic OH excluding ortho intramolecular Hbond substituents is 1. The van der Waals surface area contributed by atoms with Gasteiger partial charge in [0, 0.05) is 38.4 Å². The molecule has 7 heteroatoms. The third kappa shape index (κ3) is 5.68. The van der Waals surface area contributed by atoms with Crippen LogP contribution in [0.1, 0.15) is 11.1 Å². The van der Waals surface area contributed by atoms with Crippen LogP contribution in [0.3, 0.4) is 0 Å². The molecule has 0 aliphatic carbocycles. The largest absolute Gasteiger partial charge is 0.508 e. The van der Waals surface area contributed by atoms with Crippen LogP contribution in [0.5, 0.6) is 5.75 Å². The van der Waals surface area contributed by atoms with E-state index in [-0.39, 0.29) is 12.4 Å². The highest BCUT2D eigenvalue weighted by atomic mass is 32.1. The number of benzene rings is 2. The minimum absolute atomic E-state index is 0.250. The number of rotatable bonds is 5. The van der Waals surface area contributed by atoms with Crippen molar-refractivity contribution in [3.63, 3.8) is 0 Å². The maximum absolute atomic E-state index is 11.3. The van der Waals surface area contributed by atoms with E-state index in [9.17, 15) is 9.90 Å². The normalized spacial score (nSPS) is 14.5. The standard InChI is InChI=1S/C21H25N3O3S/c1-27-20(26)14-16-5-7-18(8-6-16)22-21(28)24-11-9-23(10-12-24)15-17-3-2-4-19(25)13-17/h2-8,13,25H,9-12,14-15H2,1H3,(H,22,28). The van der Waals surface area contributed by atoms with Crippen molar-refractivity contribution in [2.24, 2.45) is 0 Å². The van der Waals surface area contributed by atoms with Gasteiger partial charge in [-0.15, -0.1) is 0 Å². The number of ether oxygens (including phenoxy) is 1. The molecule has 2 N–H and O–H groups in total. The van der Waals surface area contributed by atoms with Crippen molar-refractivity contribution in [3.05, 3.63) is 59.7 Å². The maximum atomic E-state index is 11.3. The van der Waals surface area contributed by atoms with Crippen molar-refractivity contribution in [2.75, 3.05) is 38.6 Å². The van der Waals surface area contributed by atoms with E-state index in [0.717, 1.165) is 49.5 Å². The van der Waals surface area contributed by atoms with E-state index in [1.54, 1.807) is 6.07 Å². The molecule has 148 valence electrons. The van der Waals surface area contributed by atoms with Gasteiger partial charge >= 0.3 is 5.97 Å². The summed E-state index contributed by atoms with van der Waals surface area (Å²) < 4.78 is 4.68. The summed E-state index contributed by atoms with van der Waals surface area (Å²) in [6, 6.07) is 15.0. The van der Waals surface area contributed by atoms with Crippen LogP contribution >= 0.6 is 12.2 Å². The fraction of sp³-hybridized carbons (Fsp3) is 0.333. The Morgan fingerprint density at radius 3 is 2.46 bits per heavy atom. The number of nitrogens with zero attached hydrogens (tertiary/aromatic N) is 2. The Balaban J connectivity index is 1.46. The molecule has 2 aromatic rings. The average molecular weight is 400 g/mol. The highest BCUT2D eigenvalue weighted by molar-refractivity contribution is 7.80. The van der Waals surface area contributed by atoms with E-state index in [1.165, 1.54) is 7.11 Å². The molecule has 0 radical (unpaired) electrons. The molecule has 0 bridgehead atoms. The zero-order valence-corrected chi connectivity index (χ0v) is 16.7. The molecule has 1 aliphatic rings. The van der Waals surface area contributed by atoms with E-state index in [4.69, 9.17) is 12.2 Å². The lowest BCUT2D eigenvalue weighted by molar-refractivity contribution is -0.139. The van der Waals surface area contributed by atoms with Crippen LogP contribution in [0.4, 0.5) is 5.69 Å². The molecule has 0 amide bonds. The first-order chi connectivity index (χ1) is 13.5. The van der Waals surface area contributed by atoms with E-state index < -0.39 is 0 Å². The van der Waals surface area contributed by atoms with Crippen molar-refractivity contribution < 1.29 is 14.6 Å². The van der Waals surface area contributed by atoms with Gasteiger partial charge in [-0.25, -0.2) is 0 Å². The van der Waals surface area contributed by atoms with E-state index in [1.807, 2.05) is 42.5 Å². The zero-order chi connectivity index (χ0) is 19.9. The van der Waals surface area contributed by atoms with Gasteiger partial charge in [0.2, 0.25) is 0 Å². The molecule has 0 spiro atoms. The first-order valence-corrected chi connectivity index (χ1v) is 9.66. The third-order valence-corrected chi connectivity index (χ3v) is 5.12. The fourth-order valence-corrected chi connectivity index (χ4v) is 3.47. The summed E-state index contributed by atoms with van der Waals surface area (Å²) in [4.78, 5) is 15.8. The van der Waals surface area contributed by atoms with Crippen LogP contribution < -0.4 is 5.32 Å². The second kappa shape index (κ2) is 9.52. The Labute approximate surface area is 170 Å². The predicted octanol–water partition coefficient (Wildman–Crippen LogP) is 2.62. The number of anilines is 1. The van der Waals surface area contributed by atoms with Crippen molar-refractivity contribution in [2.45, 2.75) is 13.0 Å². The first-order valence-electron chi connectivity index (χ1n) is 9.25. The minimum Gasteiger partial charge on any atom is -0.508 e. The van der Waals surface area contributed by atoms with Crippen LogP contribution in [0.15, 0.2) is 48.5 Å². The van der Waals surface area contributed by atoms with E-state index in [0.29, 0.717) is 10.9 Å². The van der Waals surface area contributed by atoms with Crippen molar-refractivity contribution in [3.8, 4) is 5.75 Å². The summed E-state index contributed by atoms with van der Waals surface area (Å²) in [5, 5.41) is 13.6. The molecule has 0 atom stereocenters. The summed E-state index contributed by atoms with van der Waals surface area (Å²) >= 11 is 5.55. The Kier molecular flexibility index (Phi) is 6.84. The highest BCUT2D eigenvalue weighted by Crippen LogP contribution is 2.16. The monoisotopic (exact) mass is 399 g/mol. The lowest BCUT2D eigenvalue weighted by Gasteiger charge is -2.36. The fourth-order valence-electron chi connectivity index (χ4n) is 3.17. The molecule has 1 aliphatic heterocycles. The second-order valence-electron chi connectivity index (χ2n) is 6.81. The van der Waals surface area contributed by atoms with Gasteiger partial charge in [0.15, 0.2) is 5.11 Å². The molecule has 0 saturated carbocycles. The van der Waals surface area contributed by atoms with Crippen molar-refractivity contribution in [1.29, 1.82) is 0 Å². The summed E-state index contributed by atoms with van der Waals surface area (Å²) in [6.45, 7) is 4.35. The number of phenols is 1. The number of hydrogen-bond acceptors (Lipinski definition) is 5. The summed E-state index contributed by atoms with van der Waals surface area (Å²) in [6.07, 6.45) is 0.266. The number of carbonyl (C=O) groups excluding carboxylic acids is 1. The van der Waals surface area contributed by atoms with Gasteiger partial charge in [0.1, 0.15) is 5.75 Å². The molecule has 1 heterocycles. The summed E-state index contributed by atoms with van der Waals surface area (Å²) in [5.74, 6) is 0.0546. The molecule has 0 aromatic heterocycles. The number of nitrogens with one attached hydrogen (secondary N) is 1. The number of hydrogen-bond donors (Lipinski definition) is 2. The Bertz CT molecular complexity index is 818. The lowest BCUT2D eigenvalue weighted by Crippen LogP contribution is -2.49. The zero-order valence-electron chi connectivity index (χ0n) is 15.9. The van der Waals surface area contributed by atoms with Crippen LogP contribution in [-0.2, 0) is 22.5 Å². The molecular formula is C21H25N3O3S. The van der Waals surface area contributed by atoms with Gasteiger partial charge in [-0.05, 0) is 47.6 Å². The molecular weight excluding hydrogens is 374 g/mol. The molecule has 2 aromatic carbocycles. The molecule has 3 rings (SSSR count). The van der Waals surface area contributed by atoms with Crippen molar-refractivity contribution >= 4 is 29.0 Å². The van der Waals surface area contributed by atoms with Crippen LogP contribution in [0.2, 0.25) is 0 Å². The van der Waals surface area contributed by atoms with Gasteiger partial charge in [0.25, 0.3) is 0 Å². The molecule has 0 unspecified atom stereocenters. The van der Waals surface area contributed by atoms with Gasteiger partial charge in [-0.3, -0.25) is 9.69 Å². The smallest absolute Gasteiger partial charge is 0.309 e. The number of methoxy groups -OCH3 is 1. The van der Waals surface area contributed by atoms with Gasteiger partial charge < -0.3 is 20.1 Å². The number of piperazine rings is 1. The number of aromatic hydroxyl groups is 1. The number of esters is 1. The Hall–Kier alpha value is -2.64. The minimum atomic E-state index is -0.250. The number of carbonyl (C=O) groups is 1. The second-order valence-corrected chi connectivity index (χ2v) is 7.20. The van der Waals surface area contributed by atoms with Crippen LogP contribution in [0.25, 0.3) is 0 Å². The van der Waals surface area contributed by atoms with Gasteiger partial charge in [-0.1, -0.05) is 24.3 Å². The summed E-state index contributed by atoms with van der Waals surface area (Å²) in [7, 11) is 1.39. The molecule has 1 fully saturated rings. The lowest BCUT2D eigenvalue weighted by atomic mass is 10.1. The molecule has 6 nitrogen and oxygen atoms in total. The SMILES string of the molecule is COC(=O)Cc1ccc(NC(=S)N2CCN(Cc3cccc(O)c3)CC2)cc1. The average Bonchev–Trinajstić information content (AvgIpc) is 2.70. The Morgan fingerprint density at radius 2 is 1.82 bits per heavy atom. The number of thiocarbonyl (C=S) groups is 1. The first kappa shape index (κ1) is 20.1. The van der Waals surface area contributed by atoms with Gasteiger partial charge in [-0.2, -0.15) is 0 Å². The maximum Gasteiger partial charge on any atom is 0.309 e. The predicted molar refractivity (Wildman–Crippen MR) is 113 cm³/mol. The van der Waals surface area contributed by atoms with Crippen LogP contribution in [-0.4, -0.2) is 59.3 Å². The highest BCUT2D eigenvalue weighted by Gasteiger charge is 2.19. The molecule has 1 saturated heterocycles. The quantitative estimate of drug-likeness (QED) is 0.592. The van der Waals surface area contributed by atoms with E-state index in [2.05, 4.69) is 19.9 Å². The molecule has 28 heavy (non-hydrogen) atoms. The third-order valence-electron chi connectivity index (χ3n) is 4.76. The summed E-state index contributed by atoms with van der Waals surface area (Å²) in [5.41, 5.74) is 2.92. The van der Waals surface area contributed by atoms with Gasteiger partial charge in [0.05, 0.1) is 13.5 Å². The Morgan fingerprint density at radius 1 is 1.11 bits per heavy atom. The van der Waals surface area contributed by atoms with Crippen molar-refractivity contribution in [1.82, 2.24) is 9.80 Å². The van der Waals surface area contributed by atoms with E-state index >= 15 is 0 Å². The van der Waals surface area contributed by atoms with Crippen LogP contribution in [0, 0.1) is 0 Å².